The molecular weight excluding hydrogens is 256 g/mol. The molecule has 0 radical (unpaired) electrons. The average molecular weight is 278 g/mol. The van der Waals surface area contributed by atoms with E-state index in [9.17, 15) is 13.0 Å². The maximum atomic E-state index is 9.99. The van der Waals surface area contributed by atoms with E-state index in [2.05, 4.69) is 16.1 Å². The van der Waals surface area contributed by atoms with Crippen molar-refractivity contribution in [2.75, 3.05) is 6.61 Å². The lowest BCUT2D eigenvalue weighted by Gasteiger charge is -2.06. The maximum absolute atomic E-state index is 9.99. The number of quaternary nitrogens is 1. The van der Waals surface area contributed by atoms with Crippen LogP contribution in [0.2, 0.25) is 0 Å². The highest BCUT2D eigenvalue weighted by molar-refractivity contribution is 7.80. The Morgan fingerprint density at radius 1 is 1.22 bits per heavy atom. The van der Waals surface area contributed by atoms with E-state index >= 15 is 0 Å². The molecule has 0 aromatic carbocycles. The largest absolute Gasteiger partial charge is 0.726 e. The Labute approximate surface area is 109 Å². The van der Waals surface area contributed by atoms with Crippen molar-refractivity contribution in [1.29, 1.82) is 0 Å². The second kappa shape index (κ2) is 11.3. The van der Waals surface area contributed by atoms with Crippen LogP contribution in [0.25, 0.3) is 0 Å². The first-order valence-electron chi connectivity index (χ1n) is 6.18. The molecule has 0 bridgehead atoms. The Hall–Kier alpha value is -0.760. The van der Waals surface area contributed by atoms with E-state index in [1.54, 1.807) is 12.5 Å². The third-order valence-corrected chi connectivity index (χ3v) is 2.64. The van der Waals surface area contributed by atoms with Crippen LogP contribution in [0.4, 0.5) is 0 Å². The van der Waals surface area contributed by atoms with E-state index in [4.69, 9.17) is 0 Å². The number of hydrogen-bond acceptors (Lipinski definition) is 5. The zero-order chi connectivity index (χ0) is 13.7. The van der Waals surface area contributed by atoms with Crippen molar-refractivity contribution in [2.45, 2.75) is 45.4 Å². The lowest BCUT2D eigenvalue weighted by atomic mass is 10.1. The monoisotopic (exact) mass is 278 g/mol. The molecule has 0 amide bonds. The summed E-state index contributed by atoms with van der Waals surface area (Å²) in [4.78, 5) is 3.72. The van der Waals surface area contributed by atoms with Gasteiger partial charge in [-0.3, -0.25) is 9.50 Å². The van der Waals surface area contributed by atoms with Crippen LogP contribution in [0.15, 0.2) is 17.4 Å². The zero-order valence-corrected chi connectivity index (χ0v) is 11.6. The SMILES string of the molecule is C1=C[NH2+]C=N1.CCCCCCCCOS(=O)(=O)[O-]. The van der Waals surface area contributed by atoms with E-state index in [1.807, 2.05) is 11.5 Å². The average Bonchev–Trinajstić information content (AvgIpc) is 2.85. The van der Waals surface area contributed by atoms with Gasteiger partial charge in [-0.15, -0.1) is 0 Å². The van der Waals surface area contributed by atoms with Crippen LogP contribution in [-0.4, -0.2) is 25.9 Å². The molecule has 6 nitrogen and oxygen atoms in total. The molecule has 0 fully saturated rings. The van der Waals surface area contributed by atoms with Gasteiger partial charge < -0.3 is 4.55 Å². The molecule has 1 aliphatic rings. The molecule has 1 rings (SSSR count). The van der Waals surface area contributed by atoms with Gasteiger partial charge in [0.2, 0.25) is 10.4 Å². The smallest absolute Gasteiger partial charge is 0.217 e. The highest BCUT2D eigenvalue weighted by Gasteiger charge is 1.94. The number of nitrogens with zero attached hydrogens (tertiary/aromatic N) is 1. The summed E-state index contributed by atoms with van der Waals surface area (Å²) in [7, 11) is -4.47. The van der Waals surface area contributed by atoms with Crippen molar-refractivity contribution in [1.82, 2.24) is 0 Å². The molecule has 0 aliphatic carbocycles. The lowest BCUT2D eigenvalue weighted by molar-refractivity contribution is -0.447. The molecule has 0 saturated heterocycles. The quantitative estimate of drug-likeness (QED) is 0.405. The first-order valence-corrected chi connectivity index (χ1v) is 7.51. The third kappa shape index (κ3) is 15.2. The fourth-order valence-corrected chi connectivity index (χ4v) is 1.61. The summed E-state index contributed by atoms with van der Waals surface area (Å²) < 4.78 is 34.0. The third-order valence-electron chi connectivity index (χ3n) is 2.18. The molecular formula is C11H22N2O4S. The van der Waals surface area contributed by atoms with Crippen molar-refractivity contribution in [3.63, 3.8) is 0 Å². The van der Waals surface area contributed by atoms with Crippen LogP contribution in [0.3, 0.4) is 0 Å². The molecule has 2 N–H and O–H groups in total. The summed E-state index contributed by atoms with van der Waals surface area (Å²) in [5.74, 6) is 0. The van der Waals surface area contributed by atoms with Crippen molar-refractivity contribution in [3.05, 3.63) is 12.4 Å². The van der Waals surface area contributed by atoms with E-state index in [1.165, 1.54) is 19.3 Å². The second-order valence-corrected chi connectivity index (χ2v) is 4.88. The van der Waals surface area contributed by atoms with E-state index in [0.717, 1.165) is 12.8 Å². The van der Waals surface area contributed by atoms with Crippen molar-refractivity contribution >= 4 is 16.7 Å². The first-order chi connectivity index (χ1) is 8.56. The highest BCUT2D eigenvalue weighted by atomic mass is 32.3. The van der Waals surface area contributed by atoms with Gasteiger partial charge >= 0.3 is 0 Å². The molecule has 0 unspecified atom stereocenters. The topological polar surface area (TPSA) is 95.4 Å². The Kier molecular flexibility index (Phi) is 10.9. The lowest BCUT2D eigenvalue weighted by Crippen LogP contribution is -2.74. The standard InChI is InChI=1S/C8H18O4S.C3H4N2/c1-2-3-4-5-6-7-8-12-13(9,10)11;1-2-5-3-4-1/h2-8H2,1H3,(H,9,10,11);1-3H,(H,4,5). The Morgan fingerprint density at radius 2 is 1.89 bits per heavy atom. The number of hydrogen-bond donors (Lipinski definition) is 1. The van der Waals surface area contributed by atoms with Crippen LogP contribution in [0.1, 0.15) is 45.4 Å². The fraction of sp³-hybridized carbons (Fsp3) is 0.727. The van der Waals surface area contributed by atoms with Crippen LogP contribution in [0, 0.1) is 0 Å². The summed E-state index contributed by atoms with van der Waals surface area (Å²) in [6, 6.07) is 0. The molecule has 0 saturated carbocycles. The Morgan fingerprint density at radius 3 is 2.33 bits per heavy atom. The van der Waals surface area contributed by atoms with Crippen LogP contribution in [-0.2, 0) is 14.6 Å². The summed E-state index contributed by atoms with van der Waals surface area (Å²) >= 11 is 0. The summed E-state index contributed by atoms with van der Waals surface area (Å²) in [6.45, 7) is 2.16. The van der Waals surface area contributed by atoms with Gasteiger partial charge in [-0.2, -0.15) is 0 Å². The van der Waals surface area contributed by atoms with Gasteiger partial charge in [0.05, 0.1) is 12.8 Å². The van der Waals surface area contributed by atoms with Gasteiger partial charge in [0.15, 0.2) is 6.34 Å². The minimum Gasteiger partial charge on any atom is -0.726 e. The first kappa shape index (κ1) is 17.2. The number of aliphatic imine (C=N–C) groups is 1. The maximum Gasteiger partial charge on any atom is 0.217 e. The van der Waals surface area contributed by atoms with Crippen molar-refractivity contribution < 1.29 is 22.5 Å². The highest BCUT2D eigenvalue weighted by Crippen LogP contribution is 2.05. The zero-order valence-electron chi connectivity index (χ0n) is 10.7. The van der Waals surface area contributed by atoms with E-state index in [0.29, 0.717) is 6.42 Å². The molecule has 18 heavy (non-hydrogen) atoms. The normalized spacial score (nSPS) is 13.4. The van der Waals surface area contributed by atoms with E-state index in [-0.39, 0.29) is 6.61 Å². The fourth-order valence-electron chi connectivity index (χ4n) is 1.29. The summed E-state index contributed by atoms with van der Waals surface area (Å²) in [6.07, 6.45) is 11.6. The molecule has 0 spiro atoms. The molecule has 1 aliphatic heterocycles. The Bertz CT molecular complexity index is 329. The van der Waals surface area contributed by atoms with Crippen molar-refractivity contribution in [2.24, 2.45) is 4.99 Å². The molecule has 7 heteroatoms. The number of unbranched alkanes of at least 4 members (excludes halogenated alkanes) is 5. The minimum absolute atomic E-state index is 0.0258. The molecule has 0 aromatic heterocycles. The van der Waals surface area contributed by atoms with Gasteiger partial charge in [-0.25, -0.2) is 13.4 Å². The predicted molar refractivity (Wildman–Crippen MR) is 68.6 cm³/mol. The number of nitrogens with two attached hydrogens (primary N) is 1. The molecule has 1 heterocycles. The predicted octanol–water partition coefficient (Wildman–Crippen LogP) is 0.887. The molecule has 0 aromatic rings. The van der Waals surface area contributed by atoms with Gasteiger partial charge in [0.1, 0.15) is 6.20 Å². The Balaban J connectivity index is 0.000000473. The minimum atomic E-state index is -4.47. The van der Waals surface area contributed by atoms with Crippen LogP contribution in [0.5, 0.6) is 0 Å². The van der Waals surface area contributed by atoms with Gasteiger partial charge in [0, 0.05) is 0 Å². The van der Waals surface area contributed by atoms with Gasteiger partial charge in [0.25, 0.3) is 0 Å². The van der Waals surface area contributed by atoms with Gasteiger partial charge in [-0.1, -0.05) is 39.0 Å². The molecule has 106 valence electrons. The molecule has 0 atom stereocenters. The summed E-state index contributed by atoms with van der Waals surface area (Å²) in [5, 5.41) is 1.89. The van der Waals surface area contributed by atoms with Crippen LogP contribution < -0.4 is 5.32 Å². The second-order valence-electron chi connectivity index (χ2n) is 3.83. The van der Waals surface area contributed by atoms with Crippen LogP contribution >= 0.6 is 0 Å². The van der Waals surface area contributed by atoms with Crippen molar-refractivity contribution in [3.8, 4) is 0 Å². The van der Waals surface area contributed by atoms with E-state index < -0.39 is 10.4 Å². The summed E-state index contributed by atoms with van der Waals surface area (Å²) in [5.41, 5.74) is 0. The van der Waals surface area contributed by atoms with Gasteiger partial charge in [-0.05, 0) is 6.42 Å². The number of rotatable bonds is 8.